The van der Waals surface area contributed by atoms with Crippen LogP contribution in [0.3, 0.4) is 0 Å². The molecule has 1 aliphatic heterocycles. The van der Waals surface area contributed by atoms with E-state index < -0.39 is 11.9 Å². The number of nitriles is 1. The standard InChI is InChI=1S/C18H12N2O4S2/c1-4-6-14(21)23-12-8-9-13(24-15(22)7-5-2)17-16(12)25-18(26-17)11(10-19)20-3/h4-9H,1-2H3/b6-4+,7-5+. The Morgan fingerprint density at radius 2 is 1.54 bits per heavy atom. The molecule has 1 aromatic carbocycles. The predicted octanol–water partition coefficient (Wildman–Crippen LogP) is 4.46. The molecular formula is C18H12N2O4S2. The Kier molecular flexibility index (Phi) is 6.67. The number of carbonyl (C=O) groups is 2. The fraction of sp³-hybridized carbons (Fsp3) is 0.111. The van der Waals surface area contributed by atoms with Gasteiger partial charge in [0.25, 0.3) is 5.70 Å². The number of thioether (sulfide) groups is 2. The van der Waals surface area contributed by atoms with Gasteiger partial charge in [-0.3, -0.25) is 0 Å². The summed E-state index contributed by atoms with van der Waals surface area (Å²) in [4.78, 5) is 27.7. The number of nitrogens with zero attached hydrogens (tertiary/aromatic N) is 2. The van der Waals surface area contributed by atoms with Crippen LogP contribution in [-0.4, -0.2) is 11.9 Å². The van der Waals surface area contributed by atoms with Gasteiger partial charge in [0.15, 0.2) is 0 Å². The van der Waals surface area contributed by atoms with Gasteiger partial charge in [-0.05, 0) is 26.0 Å². The van der Waals surface area contributed by atoms with Gasteiger partial charge in [0.05, 0.1) is 26.7 Å². The fourth-order valence-electron chi connectivity index (χ4n) is 1.86. The molecule has 1 aromatic rings. The first-order chi connectivity index (χ1) is 12.5. The number of fused-ring (bicyclic) bond motifs is 1. The molecule has 0 saturated carbocycles. The first-order valence-corrected chi connectivity index (χ1v) is 8.90. The molecular weight excluding hydrogens is 372 g/mol. The maximum absolute atomic E-state index is 11.8. The van der Waals surface area contributed by atoms with E-state index in [1.807, 2.05) is 6.07 Å². The lowest BCUT2D eigenvalue weighted by molar-refractivity contribution is -0.130. The molecule has 0 saturated heterocycles. The smallest absolute Gasteiger partial charge is 0.335 e. The zero-order valence-electron chi connectivity index (χ0n) is 13.8. The van der Waals surface area contributed by atoms with Crippen molar-refractivity contribution in [1.82, 2.24) is 0 Å². The lowest BCUT2D eigenvalue weighted by Gasteiger charge is -2.10. The molecule has 0 aromatic heterocycles. The summed E-state index contributed by atoms with van der Waals surface area (Å²) in [5.41, 5.74) is -0.0762. The van der Waals surface area contributed by atoms with Crippen LogP contribution in [0.2, 0.25) is 0 Å². The van der Waals surface area contributed by atoms with E-state index in [0.29, 0.717) is 14.0 Å². The summed E-state index contributed by atoms with van der Waals surface area (Å²) in [5, 5.41) is 9.10. The van der Waals surface area contributed by atoms with Crippen molar-refractivity contribution in [3.63, 3.8) is 0 Å². The van der Waals surface area contributed by atoms with E-state index >= 15 is 0 Å². The number of hydrogen-bond donors (Lipinski definition) is 0. The van der Waals surface area contributed by atoms with Crippen LogP contribution in [0, 0.1) is 17.9 Å². The van der Waals surface area contributed by atoms with E-state index in [2.05, 4.69) is 4.85 Å². The molecule has 0 spiro atoms. The van der Waals surface area contributed by atoms with Gasteiger partial charge in [-0.25, -0.2) is 19.7 Å². The maximum atomic E-state index is 11.8. The van der Waals surface area contributed by atoms with Gasteiger partial charge < -0.3 is 9.47 Å². The van der Waals surface area contributed by atoms with Gasteiger partial charge in [-0.1, -0.05) is 35.7 Å². The molecule has 0 radical (unpaired) electrons. The molecule has 0 unspecified atom stereocenters. The number of esters is 2. The monoisotopic (exact) mass is 384 g/mol. The number of allylic oxidation sites excluding steroid dienone is 3. The summed E-state index contributed by atoms with van der Waals surface area (Å²) in [6.07, 6.45) is 5.65. The van der Waals surface area contributed by atoms with Gasteiger partial charge >= 0.3 is 11.9 Å². The SMILES string of the molecule is [C-]#[N+]C(C#N)=C1Sc2c(OC(=O)/C=C/C)ccc(OC(=O)/C=C/C)c2S1. The van der Waals surface area contributed by atoms with Crippen molar-refractivity contribution in [3.05, 3.63) is 57.8 Å². The van der Waals surface area contributed by atoms with E-state index in [4.69, 9.17) is 21.3 Å². The quantitative estimate of drug-likeness (QED) is 0.249. The van der Waals surface area contributed by atoms with E-state index in [0.717, 1.165) is 23.5 Å². The highest BCUT2D eigenvalue weighted by Gasteiger charge is 2.29. The summed E-state index contributed by atoms with van der Waals surface area (Å²) >= 11 is 2.26. The van der Waals surface area contributed by atoms with Crippen LogP contribution in [0.15, 0.2) is 56.2 Å². The number of rotatable bonds is 4. The number of ether oxygens (including phenoxy) is 2. The molecule has 0 aliphatic carbocycles. The normalized spacial score (nSPS) is 12.5. The Hall–Kier alpha value is -2.94. The minimum atomic E-state index is -0.554. The van der Waals surface area contributed by atoms with Gasteiger partial charge in [0.2, 0.25) is 0 Å². The van der Waals surface area contributed by atoms with E-state index in [1.165, 1.54) is 24.3 Å². The second kappa shape index (κ2) is 8.95. The molecule has 8 heteroatoms. The molecule has 2 rings (SSSR count). The zero-order valence-corrected chi connectivity index (χ0v) is 15.4. The van der Waals surface area contributed by atoms with E-state index in [1.54, 1.807) is 26.0 Å². The van der Waals surface area contributed by atoms with Crippen molar-refractivity contribution in [1.29, 1.82) is 5.26 Å². The lowest BCUT2D eigenvalue weighted by atomic mass is 10.3. The Bertz CT molecular complexity index is 861. The Morgan fingerprint density at radius 3 is 1.88 bits per heavy atom. The molecule has 130 valence electrons. The third-order valence-corrected chi connectivity index (χ3v) is 5.47. The molecule has 6 nitrogen and oxygen atoms in total. The van der Waals surface area contributed by atoms with Crippen LogP contribution in [0.5, 0.6) is 11.5 Å². The third-order valence-electron chi connectivity index (χ3n) is 2.87. The highest BCUT2D eigenvalue weighted by Crippen LogP contribution is 2.59. The second-order valence-corrected chi connectivity index (χ2v) is 6.93. The van der Waals surface area contributed by atoms with Crippen molar-refractivity contribution >= 4 is 35.5 Å². The van der Waals surface area contributed by atoms with E-state index in [-0.39, 0.29) is 17.2 Å². The zero-order chi connectivity index (χ0) is 19.1. The summed E-state index contributed by atoms with van der Waals surface area (Å²) in [6, 6.07) is 4.86. The molecule has 0 fully saturated rings. The molecule has 26 heavy (non-hydrogen) atoms. The van der Waals surface area contributed by atoms with Crippen molar-refractivity contribution in [2.45, 2.75) is 23.6 Å². The average molecular weight is 384 g/mol. The van der Waals surface area contributed by atoms with Gasteiger partial charge in [-0.2, -0.15) is 0 Å². The third kappa shape index (κ3) is 4.37. The molecule has 0 amide bonds. The minimum absolute atomic E-state index is 0.0762. The minimum Gasteiger partial charge on any atom is -0.422 e. The maximum Gasteiger partial charge on any atom is 0.335 e. The second-order valence-electron chi connectivity index (χ2n) is 4.63. The number of carbonyl (C=O) groups excluding carboxylic acids is 2. The first-order valence-electron chi connectivity index (χ1n) is 7.27. The van der Waals surface area contributed by atoms with Crippen molar-refractivity contribution in [2.24, 2.45) is 0 Å². The van der Waals surface area contributed by atoms with Crippen molar-refractivity contribution in [2.75, 3.05) is 0 Å². The average Bonchev–Trinajstić information content (AvgIpc) is 3.04. The van der Waals surface area contributed by atoms with Crippen molar-refractivity contribution < 1.29 is 19.1 Å². The molecule has 0 N–H and O–H groups in total. The van der Waals surface area contributed by atoms with Crippen LogP contribution < -0.4 is 9.47 Å². The molecule has 0 bridgehead atoms. The van der Waals surface area contributed by atoms with Crippen molar-refractivity contribution in [3.8, 4) is 17.6 Å². The molecule has 0 atom stereocenters. The Morgan fingerprint density at radius 1 is 1.08 bits per heavy atom. The van der Waals surface area contributed by atoms with Crippen LogP contribution in [0.4, 0.5) is 0 Å². The summed E-state index contributed by atoms with van der Waals surface area (Å²) in [6.45, 7) is 10.5. The molecule has 1 heterocycles. The van der Waals surface area contributed by atoms with Crippen LogP contribution in [0.1, 0.15) is 13.8 Å². The fourth-order valence-corrected chi connectivity index (χ4v) is 4.33. The van der Waals surface area contributed by atoms with Crippen LogP contribution >= 0.6 is 23.5 Å². The first kappa shape index (κ1) is 19.4. The largest absolute Gasteiger partial charge is 0.422 e. The number of hydrogen-bond acceptors (Lipinski definition) is 7. The Labute approximate surface area is 159 Å². The van der Waals surface area contributed by atoms with Crippen LogP contribution in [-0.2, 0) is 9.59 Å². The van der Waals surface area contributed by atoms with Gasteiger partial charge in [0, 0.05) is 12.2 Å². The Balaban J connectivity index is 2.49. The molecule has 1 aliphatic rings. The highest BCUT2D eigenvalue weighted by atomic mass is 32.2. The van der Waals surface area contributed by atoms with Crippen LogP contribution in [0.25, 0.3) is 4.85 Å². The number of benzene rings is 1. The highest BCUT2D eigenvalue weighted by molar-refractivity contribution is 8.24. The van der Waals surface area contributed by atoms with Gasteiger partial charge in [-0.15, -0.1) is 0 Å². The summed E-state index contributed by atoms with van der Waals surface area (Å²) in [5.74, 6) is -0.573. The topological polar surface area (TPSA) is 80.8 Å². The van der Waals surface area contributed by atoms with Gasteiger partial charge in [0.1, 0.15) is 11.5 Å². The summed E-state index contributed by atoms with van der Waals surface area (Å²) < 4.78 is 11.0. The van der Waals surface area contributed by atoms with E-state index in [9.17, 15) is 9.59 Å². The predicted molar refractivity (Wildman–Crippen MR) is 98.3 cm³/mol. The lowest BCUT2D eigenvalue weighted by Crippen LogP contribution is -2.07. The summed E-state index contributed by atoms with van der Waals surface area (Å²) in [7, 11) is 0.